The Hall–Kier alpha value is -2.71. The predicted molar refractivity (Wildman–Crippen MR) is 116 cm³/mol. The smallest absolute Gasteiger partial charge is 0.343 e. The third-order valence-electron chi connectivity index (χ3n) is 5.48. The lowest BCUT2D eigenvalue weighted by atomic mass is 10.2. The Morgan fingerprint density at radius 3 is 1.94 bits per heavy atom. The predicted octanol–water partition coefficient (Wildman–Crippen LogP) is 5.08. The molecule has 178 valence electrons. The number of epoxide rings is 2. The SMILES string of the molecule is O=C(Oc1ccc(OCCCCC2CO2)c(F)c1F)c1ccc(OCCCCC2CO2)cc1. The van der Waals surface area contributed by atoms with Crippen LogP contribution >= 0.6 is 0 Å². The molecular formula is C25H28F2O6. The van der Waals surface area contributed by atoms with Gasteiger partial charge in [-0.1, -0.05) is 0 Å². The highest BCUT2D eigenvalue weighted by molar-refractivity contribution is 5.91. The number of hydrogen-bond acceptors (Lipinski definition) is 6. The minimum absolute atomic E-state index is 0.202. The van der Waals surface area contributed by atoms with E-state index in [1.165, 1.54) is 24.3 Å². The number of unbranched alkanes of at least 4 members (excludes halogenated alkanes) is 2. The molecule has 0 saturated carbocycles. The van der Waals surface area contributed by atoms with Crippen molar-refractivity contribution in [2.75, 3.05) is 26.4 Å². The van der Waals surface area contributed by atoms with Gasteiger partial charge in [-0.2, -0.15) is 8.78 Å². The van der Waals surface area contributed by atoms with Gasteiger partial charge in [-0.05, 0) is 74.9 Å². The third kappa shape index (κ3) is 7.40. The van der Waals surface area contributed by atoms with Crippen LogP contribution in [0.15, 0.2) is 36.4 Å². The summed E-state index contributed by atoms with van der Waals surface area (Å²) in [5.41, 5.74) is 0.202. The number of rotatable bonds is 14. The van der Waals surface area contributed by atoms with Crippen LogP contribution in [-0.2, 0) is 9.47 Å². The van der Waals surface area contributed by atoms with E-state index in [1.807, 2.05) is 0 Å². The van der Waals surface area contributed by atoms with E-state index in [0.29, 0.717) is 31.0 Å². The highest BCUT2D eigenvalue weighted by atomic mass is 19.2. The lowest BCUT2D eigenvalue weighted by Gasteiger charge is -2.11. The Kier molecular flexibility index (Phi) is 8.12. The number of ether oxygens (including phenoxy) is 5. The quantitative estimate of drug-likeness (QED) is 0.169. The third-order valence-corrected chi connectivity index (χ3v) is 5.48. The molecule has 8 heteroatoms. The standard InChI is InChI=1S/C25H28F2O6/c26-23-21(30-14-4-2-6-20-16-32-20)11-12-22(24(23)27)33-25(28)17-7-9-18(10-8-17)29-13-3-1-5-19-15-31-19/h7-12,19-20H,1-6,13-16H2. The molecule has 0 aliphatic carbocycles. The summed E-state index contributed by atoms with van der Waals surface area (Å²) >= 11 is 0. The summed E-state index contributed by atoms with van der Waals surface area (Å²) in [6.45, 7) is 2.51. The van der Waals surface area contributed by atoms with Gasteiger partial charge in [0.2, 0.25) is 11.6 Å². The van der Waals surface area contributed by atoms with Gasteiger partial charge < -0.3 is 23.7 Å². The van der Waals surface area contributed by atoms with E-state index in [4.69, 9.17) is 23.7 Å². The highest BCUT2D eigenvalue weighted by Crippen LogP contribution is 2.29. The van der Waals surface area contributed by atoms with Gasteiger partial charge in [0, 0.05) is 0 Å². The van der Waals surface area contributed by atoms with Crippen LogP contribution in [0.2, 0.25) is 0 Å². The maximum absolute atomic E-state index is 14.4. The molecule has 33 heavy (non-hydrogen) atoms. The van der Waals surface area contributed by atoms with Crippen molar-refractivity contribution >= 4 is 5.97 Å². The Bertz CT molecular complexity index is 925. The first-order valence-corrected chi connectivity index (χ1v) is 11.4. The molecular weight excluding hydrogens is 434 g/mol. The van der Waals surface area contributed by atoms with Crippen LogP contribution in [0.1, 0.15) is 48.9 Å². The molecule has 2 heterocycles. The van der Waals surface area contributed by atoms with Gasteiger partial charge in [-0.15, -0.1) is 0 Å². The lowest BCUT2D eigenvalue weighted by Crippen LogP contribution is -2.11. The van der Waals surface area contributed by atoms with Gasteiger partial charge in [0.25, 0.3) is 0 Å². The summed E-state index contributed by atoms with van der Waals surface area (Å²) in [5.74, 6) is -3.30. The fourth-order valence-electron chi connectivity index (χ4n) is 3.34. The number of carbonyl (C=O) groups is 1. The monoisotopic (exact) mass is 462 g/mol. The Morgan fingerprint density at radius 2 is 1.33 bits per heavy atom. The normalized spacial score (nSPS) is 18.6. The average molecular weight is 462 g/mol. The number of hydrogen-bond donors (Lipinski definition) is 0. The first-order valence-electron chi connectivity index (χ1n) is 11.4. The van der Waals surface area contributed by atoms with Gasteiger partial charge in [0.05, 0.1) is 44.2 Å². The van der Waals surface area contributed by atoms with Crippen LogP contribution in [0.3, 0.4) is 0 Å². The van der Waals surface area contributed by atoms with Crippen molar-refractivity contribution in [3.8, 4) is 17.2 Å². The van der Waals surface area contributed by atoms with Crippen molar-refractivity contribution in [3.63, 3.8) is 0 Å². The molecule has 0 N–H and O–H groups in total. The van der Waals surface area contributed by atoms with E-state index in [9.17, 15) is 13.6 Å². The Morgan fingerprint density at radius 1 is 0.788 bits per heavy atom. The fraction of sp³-hybridized carbons (Fsp3) is 0.480. The molecule has 4 rings (SSSR count). The first kappa shape index (κ1) is 23.4. The zero-order valence-corrected chi connectivity index (χ0v) is 18.4. The minimum atomic E-state index is -1.26. The Balaban J connectivity index is 1.22. The molecule has 2 aliphatic rings. The molecule has 2 aliphatic heterocycles. The van der Waals surface area contributed by atoms with Gasteiger partial charge in [-0.25, -0.2) is 4.79 Å². The van der Waals surface area contributed by atoms with Gasteiger partial charge in [0.1, 0.15) is 5.75 Å². The summed E-state index contributed by atoms with van der Waals surface area (Å²) < 4.78 is 55.0. The lowest BCUT2D eigenvalue weighted by molar-refractivity contribution is 0.0726. The van der Waals surface area contributed by atoms with Crippen LogP contribution in [0.25, 0.3) is 0 Å². The van der Waals surface area contributed by atoms with Crippen molar-refractivity contribution in [1.29, 1.82) is 0 Å². The van der Waals surface area contributed by atoms with E-state index in [0.717, 1.165) is 45.3 Å². The van der Waals surface area contributed by atoms with Crippen LogP contribution in [-0.4, -0.2) is 44.6 Å². The maximum Gasteiger partial charge on any atom is 0.343 e. The summed E-state index contributed by atoms with van der Waals surface area (Å²) in [7, 11) is 0. The van der Waals surface area contributed by atoms with E-state index in [2.05, 4.69) is 0 Å². The number of benzene rings is 2. The molecule has 2 atom stereocenters. The van der Waals surface area contributed by atoms with E-state index in [1.54, 1.807) is 12.1 Å². The van der Waals surface area contributed by atoms with Gasteiger partial charge >= 0.3 is 5.97 Å². The molecule has 2 unspecified atom stereocenters. The molecule has 2 aromatic carbocycles. The second kappa shape index (κ2) is 11.4. The number of carbonyl (C=O) groups excluding carboxylic acids is 1. The summed E-state index contributed by atoms with van der Waals surface area (Å²) in [6.07, 6.45) is 6.33. The van der Waals surface area contributed by atoms with Crippen molar-refractivity contribution in [3.05, 3.63) is 53.6 Å². The Labute approximate surface area is 191 Å². The summed E-state index contributed by atoms with van der Waals surface area (Å²) in [4.78, 5) is 12.3. The second-order valence-corrected chi connectivity index (χ2v) is 8.20. The molecule has 2 fully saturated rings. The molecule has 0 aromatic heterocycles. The van der Waals surface area contributed by atoms with Crippen molar-refractivity contribution in [2.45, 2.75) is 50.7 Å². The van der Waals surface area contributed by atoms with Crippen LogP contribution in [0.5, 0.6) is 17.2 Å². The second-order valence-electron chi connectivity index (χ2n) is 8.20. The molecule has 0 spiro atoms. The van der Waals surface area contributed by atoms with Gasteiger partial charge in [0.15, 0.2) is 11.5 Å². The van der Waals surface area contributed by atoms with E-state index >= 15 is 0 Å². The summed E-state index contributed by atoms with van der Waals surface area (Å²) in [5, 5.41) is 0. The molecule has 0 radical (unpaired) electrons. The van der Waals surface area contributed by atoms with Crippen LogP contribution < -0.4 is 14.2 Å². The van der Waals surface area contributed by atoms with E-state index in [-0.39, 0.29) is 17.9 Å². The average Bonchev–Trinajstić information content (AvgIpc) is 3.74. The largest absolute Gasteiger partial charge is 0.494 e. The number of esters is 1. The van der Waals surface area contributed by atoms with E-state index < -0.39 is 23.4 Å². The molecule has 2 saturated heterocycles. The van der Waals surface area contributed by atoms with Crippen molar-refractivity contribution in [1.82, 2.24) is 0 Å². The topological polar surface area (TPSA) is 69.8 Å². The first-order chi connectivity index (χ1) is 16.1. The summed E-state index contributed by atoms with van der Waals surface area (Å²) in [6, 6.07) is 8.78. The van der Waals surface area contributed by atoms with Crippen LogP contribution in [0, 0.1) is 11.6 Å². The molecule has 6 nitrogen and oxygen atoms in total. The fourth-order valence-corrected chi connectivity index (χ4v) is 3.34. The van der Waals surface area contributed by atoms with Crippen LogP contribution in [0.4, 0.5) is 8.78 Å². The zero-order valence-electron chi connectivity index (χ0n) is 18.4. The molecule has 0 bridgehead atoms. The molecule has 0 amide bonds. The molecule has 2 aromatic rings. The van der Waals surface area contributed by atoms with Crippen molar-refractivity contribution < 1.29 is 37.3 Å². The van der Waals surface area contributed by atoms with Gasteiger partial charge in [-0.3, -0.25) is 0 Å². The minimum Gasteiger partial charge on any atom is -0.494 e. The highest BCUT2D eigenvalue weighted by Gasteiger charge is 2.22. The van der Waals surface area contributed by atoms with Crippen molar-refractivity contribution in [2.24, 2.45) is 0 Å². The maximum atomic E-state index is 14.4. The number of halogens is 2. The zero-order chi connectivity index (χ0) is 23.0.